The van der Waals surface area contributed by atoms with E-state index < -0.39 is 5.54 Å². The summed E-state index contributed by atoms with van der Waals surface area (Å²) in [6.45, 7) is 4.62. The lowest BCUT2D eigenvalue weighted by molar-refractivity contribution is -0.536. The first-order valence-electron chi connectivity index (χ1n) is 11.9. The molecule has 9 nitrogen and oxygen atoms in total. The molecule has 0 spiro atoms. The lowest BCUT2D eigenvalue weighted by Gasteiger charge is -2.25. The molecule has 0 aromatic carbocycles. The van der Waals surface area contributed by atoms with Crippen LogP contribution in [0.1, 0.15) is 52.4 Å². The van der Waals surface area contributed by atoms with Crippen molar-refractivity contribution in [3.63, 3.8) is 0 Å². The van der Waals surface area contributed by atoms with E-state index in [1.807, 2.05) is 25.6 Å². The van der Waals surface area contributed by atoms with Crippen LogP contribution in [0, 0.1) is 11.1 Å². The zero-order valence-electron chi connectivity index (χ0n) is 19.9. The average molecular weight is 533 g/mol. The molecule has 2 saturated heterocycles. The van der Waals surface area contributed by atoms with Crippen molar-refractivity contribution in [2.45, 2.75) is 75.2 Å². The van der Waals surface area contributed by atoms with E-state index in [-0.39, 0.29) is 42.5 Å². The van der Waals surface area contributed by atoms with Crippen molar-refractivity contribution in [3.05, 3.63) is 5.21 Å². The predicted octanol–water partition coefficient (Wildman–Crippen LogP) is 2.52. The topological polar surface area (TPSA) is 123 Å². The highest BCUT2D eigenvalue weighted by Gasteiger charge is 2.43. The standard InChI is InChI=1S/C22H36N4O5S3/c1-22(2)15(7-10-26(22)30)13-31-19(28)8-11-33-34-12-9-23-18(27)6-4-3-5-17-20-16(14-32-17)24-21(29)25-20/h10,15-17,20H,3-9,11-14H2,1-2H3,(H,23,27)(H2,24,25,29)/t15?,16-,17-,20-/m0/s1. The number of nitrogens with one attached hydrogen (secondary N) is 3. The largest absolute Gasteiger partial charge is 0.624 e. The zero-order chi connectivity index (χ0) is 24.6. The van der Waals surface area contributed by atoms with Crippen molar-refractivity contribution in [2.75, 3.05) is 30.4 Å². The number of carbonyl (C=O) groups excluding carboxylic acids is 3. The smallest absolute Gasteiger partial charge is 0.315 e. The molecule has 3 rings (SSSR count). The molecule has 34 heavy (non-hydrogen) atoms. The van der Waals surface area contributed by atoms with Crippen LogP contribution in [0.25, 0.3) is 0 Å². The molecule has 3 aliphatic heterocycles. The second kappa shape index (κ2) is 13.2. The number of carbonyl (C=O) groups is 3. The van der Waals surface area contributed by atoms with E-state index >= 15 is 0 Å². The average Bonchev–Trinajstić information content (AvgIpc) is 3.42. The Kier molecular flexibility index (Phi) is 10.6. The number of ether oxygens (including phenoxy) is 1. The molecule has 3 aliphatic rings. The molecule has 3 heterocycles. The van der Waals surface area contributed by atoms with Crippen LogP contribution in [-0.2, 0) is 14.3 Å². The maximum atomic E-state index is 12.0. The summed E-state index contributed by atoms with van der Waals surface area (Å²) in [4.78, 5) is 35.3. The van der Waals surface area contributed by atoms with Crippen LogP contribution in [0.15, 0.2) is 0 Å². The van der Waals surface area contributed by atoms with Crippen molar-refractivity contribution in [1.82, 2.24) is 16.0 Å². The molecule has 4 atom stereocenters. The van der Waals surface area contributed by atoms with Gasteiger partial charge in [0, 0.05) is 55.7 Å². The molecule has 0 aliphatic carbocycles. The van der Waals surface area contributed by atoms with E-state index in [0.717, 1.165) is 35.5 Å². The fourth-order valence-electron chi connectivity index (χ4n) is 4.30. The number of hydroxylamine groups is 1. The Labute approximate surface area is 213 Å². The number of esters is 1. The SMILES string of the molecule is CC1(C)C(COC(=O)CCSSCCNC(=O)CCCC[C@@H]2SC[C@@H]3NC(=O)N[C@@H]32)CC=[N+]1[O-]. The Balaban J connectivity index is 1.11. The number of rotatable bonds is 14. The van der Waals surface area contributed by atoms with Crippen LogP contribution >= 0.6 is 33.3 Å². The first-order chi connectivity index (χ1) is 16.3. The minimum atomic E-state index is -0.527. The summed E-state index contributed by atoms with van der Waals surface area (Å²) in [5.41, 5.74) is -0.527. The molecule has 0 bridgehead atoms. The Morgan fingerprint density at radius 1 is 1.26 bits per heavy atom. The van der Waals surface area contributed by atoms with Gasteiger partial charge in [-0.1, -0.05) is 28.0 Å². The van der Waals surface area contributed by atoms with Crippen molar-refractivity contribution in [3.8, 4) is 0 Å². The van der Waals surface area contributed by atoms with Crippen molar-refractivity contribution < 1.29 is 23.9 Å². The Morgan fingerprint density at radius 2 is 2.06 bits per heavy atom. The summed E-state index contributed by atoms with van der Waals surface area (Å²) in [7, 11) is 3.23. The first kappa shape index (κ1) is 27.3. The van der Waals surface area contributed by atoms with Crippen molar-refractivity contribution >= 4 is 57.5 Å². The van der Waals surface area contributed by atoms with Crippen LogP contribution in [0.3, 0.4) is 0 Å². The van der Waals surface area contributed by atoms with Gasteiger partial charge in [-0.2, -0.15) is 11.8 Å². The first-order valence-corrected chi connectivity index (χ1v) is 15.5. The minimum absolute atomic E-state index is 0.0285. The van der Waals surface area contributed by atoms with Crippen LogP contribution in [0.5, 0.6) is 0 Å². The maximum Gasteiger partial charge on any atom is 0.315 e. The van der Waals surface area contributed by atoms with Gasteiger partial charge in [0.2, 0.25) is 5.91 Å². The second-order valence-corrected chi connectivity index (χ2v) is 13.4. The lowest BCUT2D eigenvalue weighted by atomic mass is 9.89. The number of hydrogen-bond donors (Lipinski definition) is 3. The van der Waals surface area contributed by atoms with Crippen LogP contribution < -0.4 is 16.0 Å². The van der Waals surface area contributed by atoms with Gasteiger partial charge >= 0.3 is 12.0 Å². The molecule has 0 aromatic heterocycles. The molecule has 3 N–H and O–H groups in total. The summed E-state index contributed by atoms with van der Waals surface area (Å²) >= 11 is 1.90. The molecule has 2 fully saturated rings. The summed E-state index contributed by atoms with van der Waals surface area (Å²) in [6, 6.07) is 0.419. The van der Waals surface area contributed by atoms with E-state index in [9.17, 15) is 19.6 Å². The number of nitrogens with zero attached hydrogens (tertiary/aromatic N) is 1. The van der Waals surface area contributed by atoms with E-state index in [4.69, 9.17) is 4.74 Å². The third-order valence-electron chi connectivity index (χ3n) is 6.63. The zero-order valence-corrected chi connectivity index (χ0v) is 22.3. The second-order valence-electron chi connectivity index (χ2n) is 9.39. The van der Waals surface area contributed by atoms with Gasteiger partial charge < -0.3 is 25.9 Å². The Morgan fingerprint density at radius 3 is 2.82 bits per heavy atom. The minimum Gasteiger partial charge on any atom is -0.624 e. The number of amides is 3. The highest BCUT2D eigenvalue weighted by atomic mass is 33.1. The molecule has 12 heteroatoms. The van der Waals surface area contributed by atoms with Gasteiger partial charge in [0.15, 0.2) is 11.8 Å². The normalized spacial score (nSPS) is 27.0. The van der Waals surface area contributed by atoms with Crippen LogP contribution in [0.2, 0.25) is 0 Å². The molecule has 3 amide bonds. The van der Waals surface area contributed by atoms with Gasteiger partial charge in [0.1, 0.15) is 6.61 Å². The summed E-state index contributed by atoms with van der Waals surface area (Å²) < 4.78 is 6.30. The van der Waals surface area contributed by atoms with E-state index in [1.165, 1.54) is 0 Å². The van der Waals surface area contributed by atoms with Crippen molar-refractivity contribution in [1.29, 1.82) is 0 Å². The third kappa shape index (κ3) is 7.87. The quantitative estimate of drug-likeness (QED) is 0.0779. The number of thioether (sulfide) groups is 1. The summed E-state index contributed by atoms with van der Waals surface area (Å²) in [6.07, 6.45) is 5.97. The van der Waals surface area contributed by atoms with Gasteiger partial charge in [0.05, 0.1) is 24.4 Å². The summed E-state index contributed by atoms with van der Waals surface area (Å²) in [5, 5.41) is 21.1. The number of urea groups is 1. The van der Waals surface area contributed by atoms with Gasteiger partial charge in [-0.15, -0.1) is 0 Å². The predicted molar refractivity (Wildman–Crippen MR) is 139 cm³/mol. The fourth-order valence-corrected chi connectivity index (χ4v) is 7.72. The van der Waals surface area contributed by atoms with Gasteiger partial charge in [-0.3, -0.25) is 9.59 Å². The van der Waals surface area contributed by atoms with E-state index in [1.54, 1.807) is 27.8 Å². The van der Waals surface area contributed by atoms with Crippen molar-refractivity contribution in [2.24, 2.45) is 5.92 Å². The van der Waals surface area contributed by atoms with Crippen LogP contribution in [0.4, 0.5) is 4.79 Å². The molecular formula is C22H36N4O5S3. The highest BCUT2D eigenvalue weighted by molar-refractivity contribution is 8.76. The maximum absolute atomic E-state index is 12.0. The lowest BCUT2D eigenvalue weighted by Crippen LogP contribution is -2.38. The van der Waals surface area contributed by atoms with Gasteiger partial charge in [0.25, 0.3) is 0 Å². The molecule has 192 valence electrons. The monoisotopic (exact) mass is 532 g/mol. The molecule has 0 saturated carbocycles. The number of hydrogen-bond acceptors (Lipinski definition) is 8. The Hall–Kier alpha value is -1.27. The molecule has 1 unspecified atom stereocenters. The fraction of sp³-hybridized carbons (Fsp3) is 0.818. The number of fused-ring (bicyclic) bond motifs is 1. The molecule has 0 aromatic rings. The van der Waals surface area contributed by atoms with Crippen LogP contribution in [-0.4, -0.2) is 82.1 Å². The molecule has 0 radical (unpaired) electrons. The Bertz CT molecular complexity index is 767. The van der Waals surface area contributed by atoms with E-state index in [2.05, 4.69) is 16.0 Å². The summed E-state index contributed by atoms with van der Waals surface area (Å²) in [5.74, 6) is 2.27. The highest BCUT2D eigenvalue weighted by Crippen LogP contribution is 2.33. The number of unbranched alkanes of at least 4 members (excludes halogenated alkanes) is 1. The van der Waals surface area contributed by atoms with Gasteiger partial charge in [-0.05, 0) is 12.8 Å². The van der Waals surface area contributed by atoms with Gasteiger partial charge in [-0.25, -0.2) is 9.53 Å². The molecular weight excluding hydrogens is 496 g/mol. The third-order valence-corrected chi connectivity index (χ3v) is 10.5. The van der Waals surface area contributed by atoms with E-state index in [0.29, 0.717) is 36.8 Å².